The van der Waals surface area contributed by atoms with Crippen LogP contribution in [0.25, 0.3) is 0 Å². The maximum Gasteiger partial charge on any atom is 0.145 e. The topological polar surface area (TPSA) is 18.5 Å². The molecule has 0 aliphatic carbocycles. The van der Waals surface area contributed by atoms with Gasteiger partial charge in [0.25, 0.3) is 0 Å². The molecule has 3 rings (SSSR count). The Morgan fingerprint density at radius 3 is 2.85 bits per heavy atom. The molecule has 1 heterocycles. The SMILES string of the molecule is Fc1ccc2c(c1)CC(COc1ccc(Cl)c(F)c1)O2. The van der Waals surface area contributed by atoms with E-state index >= 15 is 0 Å². The summed E-state index contributed by atoms with van der Waals surface area (Å²) in [6.45, 7) is 0.261. The van der Waals surface area contributed by atoms with Crippen LogP contribution in [0.2, 0.25) is 5.02 Å². The van der Waals surface area contributed by atoms with E-state index in [0.717, 1.165) is 5.56 Å². The van der Waals surface area contributed by atoms with E-state index in [2.05, 4.69) is 0 Å². The number of benzene rings is 2. The third-order valence-electron chi connectivity index (χ3n) is 3.09. The van der Waals surface area contributed by atoms with Gasteiger partial charge < -0.3 is 9.47 Å². The van der Waals surface area contributed by atoms with E-state index in [1.54, 1.807) is 12.1 Å². The third-order valence-corrected chi connectivity index (χ3v) is 3.40. The molecule has 0 bridgehead atoms. The summed E-state index contributed by atoms with van der Waals surface area (Å²) in [5.41, 5.74) is 0.820. The highest BCUT2D eigenvalue weighted by Crippen LogP contribution is 2.29. The summed E-state index contributed by atoms with van der Waals surface area (Å²) in [6.07, 6.45) is 0.369. The summed E-state index contributed by atoms with van der Waals surface area (Å²) < 4.78 is 37.4. The molecule has 0 fully saturated rings. The van der Waals surface area contributed by atoms with E-state index in [0.29, 0.717) is 17.9 Å². The average Bonchev–Trinajstić information content (AvgIpc) is 2.82. The fraction of sp³-hybridized carbons (Fsp3) is 0.200. The van der Waals surface area contributed by atoms with Crippen molar-refractivity contribution in [3.05, 3.63) is 58.6 Å². The molecule has 1 atom stereocenters. The van der Waals surface area contributed by atoms with Crippen LogP contribution in [0.5, 0.6) is 11.5 Å². The molecule has 0 saturated carbocycles. The van der Waals surface area contributed by atoms with E-state index in [4.69, 9.17) is 21.1 Å². The molecule has 2 aromatic carbocycles. The minimum absolute atomic E-state index is 0.0531. The molecule has 104 valence electrons. The lowest BCUT2D eigenvalue weighted by atomic mass is 10.1. The van der Waals surface area contributed by atoms with Crippen molar-refractivity contribution >= 4 is 11.6 Å². The predicted molar refractivity (Wildman–Crippen MR) is 71.4 cm³/mol. The van der Waals surface area contributed by atoms with Gasteiger partial charge in [0.05, 0.1) is 5.02 Å². The molecule has 0 radical (unpaired) electrons. The highest BCUT2D eigenvalue weighted by molar-refractivity contribution is 6.30. The first-order chi connectivity index (χ1) is 9.61. The van der Waals surface area contributed by atoms with Crippen LogP contribution in [0.3, 0.4) is 0 Å². The van der Waals surface area contributed by atoms with Crippen molar-refractivity contribution in [2.24, 2.45) is 0 Å². The molecule has 5 heteroatoms. The second-order valence-electron chi connectivity index (χ2n) is 4.58. The minimum atomic E-state index is -0.526. The van der Waals surface area contributed by atoms with Crippen molar-refractivity contribution in [1.82, 2.24) is 0 Å². The van der Waals surface area contributed by atoms with Crippen LogP contribution in [-0.4, -0.2) is 12.7 Å². The normalized spacial score (nSPS) is 16.6. The quantitative estimate of drug-likeness (QED) is 0.852. The predicted octanol–water partition coefficient (Wildman–Crippen LogP) is 4.00. The second kappa shape index (κ2) is 5.29. The molecule has 2 nitrogen and oxygen atoms in total. The Morgan fingerprint density at radius 2 is 2.05 bits per heavy atom. The largest absolute Gasteiger partial charge is 0.490 e. The lowest BCUT2D eigenvalue weighted by molar-refractivity contribution is 0.148. The number of rotatable bonds is 3. The van der Waals surface area contributed by atoms with Gasteiger partial charge in [0.15, 0.2) is 0 Å². The van der Waals surface area contributed by atoms with Gasteiger partial charge in [0.1, 0.15) is 35.8 Å². The van der Waals surface area contributed by atoms with Gasteiger partial charge in [0, 0.05) is 18.1 Å². The molecule has 1 unspecified atom stereocenters. The molecule has 0 saturated heterocycles. The van der Waals surface area contributed by atoms with Gasteiger partial charge in [-0.1, -0.05) is 11.6 Å². The average molecular weight is 297 g/mol. The minimum Gasteiger partial charge on any atom is -0.490 e. The summed E-state index contributed by atoms with van der Waals surface area (Å²) in [5.74, 6) is 0.246. The van der Waals surface area contributed by atoms with Crippen molar-refractivity contribution in [3.8, 4) is 11.5 Å². The Labute approximate surface area is 119 Å². The Balaban J connectivity index is 1.62. The molecule has 2 aromatic rings. The zero-order valence-electron chi connectivity index (χ0n) is 10.4. The van der Waals surface area contributed by atoms with Gasteiger partial charge in [-0.25, -0.2) is 8.78 Å². The van der Waals surface area contributed by atoms with Gasteiger partial charge in [-0.2, -0.15) is 0 Å². The Bertz CT molecular complexity index is 646. The lowest BCUT2D eigenvalue weighted by Crippen LogP contribution is -2.22. The fourth-order valence-electron chi connectivity index (χ4n) is 2.14. The first-order valence-electron chi connectivity index (χ1n) is 6.15. The summed E-state index contributed by atoms with van der Waals surface area (Å²) in [7, 11) is 0. The first-order valence-corrected chi connectivity index (χ1v) is 6.52. The van der Waals surface area contributed by atoms with Crippen LogP contribution in [0.15, 0.2) is 36.4 Å². The van der Waals surface area contributed by atoms with Gasteiger partial charge in [-0.3, -0.25) is 0 Å². The van der Waals surface area contributed by atoms with Crippen LogP contribution in [0.1, 0.15) is 5.56 Å². The van der Waals surface area contributed by atoms with Crippen molar-refractivity contribution in [2.45, 2.75) is 12.5 Å². The molecular formula is C15H11ClF2O2. The highest BCUT2D eigenvalue weighted by Gasteiger charge is 2.23. The van der Waals surface area contributed by atoms with Crippen LogP contribution in [0.4, 0.5) is 8.78 Å². The summed E-state index contributed by atoms with van der Waals surface area (Å²) in [6, 6.07) is 8.67. The molecular weight excluding hydrogens is 286 g/mol. The zero-order chi connectivity index (χ0) is 14.1. The van der Waals surface area contributed by atoms with Gasteiger partial charge >= 0.3 is 0 Å². The van der Waals surface area contributed by atoms with E-state index in [9.17, 15) is 8.78 Å². The molecule has 0 spiro atoms. The maximum atomic E-state index is 13.3. The van der Waals surface area contributed by atoms with E-state index in [1.807, 2.05) is 0 Å². The van der Waals surface area contributed by atoms with Crippen molar-refractivity contribution in [3.63, 3.8) is 0 Å². The Kier molecular flexibility index (Phi) is 3.49. The lowest BCUT2D eigenvalue weighted by Gasteiger charge is -2.12. The third kappa shape index (κ3) is 2.70. The number of halogens is 3. The summed E-state index contributed by atoms with van der Waals surface area (Å²) in [5, 5.41) is 0.0531. The Hall–Kier alpha value is -1.81. The number of hydrogen-bond donors (Lipinski definition) is 0. The van der Waals surface area contributed by atoms with Crippen LogP contribution >= 0.6 is 11.6 Å². The Morgan fingerprint density at radius 1 is 1.20 bits per heavy atom. The molecule has 1 aliphatic heterocycles. The van der Waals surface area contributed by atoms with Crippen molar-refractivity contribution < 1.29 is 18.3 Å². The molecule has 1 aliphatic rings. The number of hydrogen-bond acceptors (Lipinski definition) is 2. The maximum absolute atomic E-state index is 13.3. The van der Waals surface area contributed by atoms with Crippen LogP contribution in [-0.2, 0) is 6.42 Å². The standard InChI is InChI=1S/C15H11ClF2O2/c16-13-3-2-11(7-14(13)18)19-8-12-6-9-5-10(17)1-4-15(9)20-12/h1-5,7,12H,6,8H2. The van der Waals surface area contributed by atoms with Gasteiger partial charge in [-0.05, 0) is 30.3 Å². The molecule has 20 heavy (non-hydrogen) atoms. The van der Waals surface area contributed by atoms with E-state index in [1.165, 1.54) is 24.3 Å². The monoisotopic (exact) mass is 296 g/mol. The van der Waals surface area contributed by atoms with Crippen LogP contribution in [0, 0.1) is 11.6 Å². The number of ether oxygens (including phenoxy) is 2. The molecule has 0 N–H and O–H groups in total. The van der Waals surface area contributed by atoms with Gasteiger partial charge in [0.2, 0.25) is 0 Å². The molecule has 0 amide bonds. The van der Waals surface area contributed by atoms with Crippen molar-refractivity contribution in [1.29, 1.82) is 0 Å². The second-order valence-corrected chi connectivity index (χ2v) is 4.99. The fourth-order valence-corrected chi connectivity index (χ4v) is 2.26. The molecule has 0 aromatic heterocycles. The van der Waals surface area contributed by atoms with Crippen LogP contribution < -0.4 is 9.47 Å². The van der Waals surface area contributed by atoms with E-state index < -0.39 is 5.82 Å². The zero-order valence-corrected chi connectivity index (χ0v) is 11.2. The summed E-state index contributed by atoms with van der Waals surface area (Å²) >= 11 is 5.59. The smallest absolute Gasteiger partial charge is 0.145 e. The summed E-state index contributed by atoms with van der Waals surface area (Å²) in [4.78, 5) is 0. The highest BCUT2D eigenvalue weighted by atomic mass is 35.5. The van der Waals surface area contributed by atoms with E-state index in [-0.39, 0.29) is 23.6 Å². The van der Waals surface area contributed by atoms with Gasteiger partial charge in [-0.15, -0.1) is 0 Å². The first kappa shape index (κ1) is 13.2. The van der Waals surface area contributed by atoms with Crippen molar-refractivity contribution in [2.75, 3.05) is 6.61 Å². The number of fused-ring (bicyclic) bond motifs is 1.